The van der Waals surface area contributed by atoms with Crippen LogP contribution in [0.1, 0.15) is 37.1 Å². The molecule has 2 heteroatoms. The van der Waals surface area contributed by atoms with Crippen LogP contribution >= 0.6 is 0 Å². The van der Waals surface area contributed by atoms with Gasteiger partial charge in [0.15, 0.2) is 0 Å². The van der Waals surface area contributed by atoms with Gasteiger partial charge in [0.2, 0.25) is 0 Å². The molecular formula is C16H18FN. The van der Waals surface area contributed by atoms with Crippen LogP contribution in [0.4, 0.5) is 4.39 Å². The molecule has 1 N–H and O–H groups in total. The molecule has 2 atom stereocenters. The van der Waals surface area contributed by atoms with Crippen molar-refractivity contribution in [3.05, 3.63) is 71.5 Å². The molecule has 1 nitrogen and oxygen atoms in total. The number of hydrogen-bond acceptors (Lipinski definition) is 1. The molecule has 0 aromatic heterocycles. The zero-order chi connectivity index (χ0) is 13.0. The van der Waals surface area contributed by atoms with Gasteiger partial charge < -0.3 is 5.32 Å². The largest absolute Gasteiger partial charge is 0.304 e. The van der Waals surface area contributed by atoms with Gasteiger partial charge in [0.25, 0.3) is 0 Å². The standard InChI is InChI=1S/C16H18FN/c1-12(14-7-4-3-5-8-14)18-13(2)15-9-6-10-16(17)11-15/h3-13,18H,1-2H3/t12?,13-/m0/s1. The lowest BCUT2D eigenvalue weighted by atomic mass is 10.0. The molecule has 94 valence electrons. The maximum atomic E-state index is 13.2. The monoisotopic (exact) mass is 243 g/mol. The van der Waals surface area contributed by atoms with Crippen LogP contribution in [0.15, 0.2) is 54.6 Å². The summed E-state index contributed by atoms with van der Waals surface area (Å²) in [5, 5.41) is 3.47. The van der Waals surface area contributed by atoms with E-state index in [1.165, 1.54) is 11.6 Å². The average molecular weight is 243 g/mol. The zero-order valence-electron chi connectivity index (χ0n) is 10.7. The number of halogens is 1. The van der Waals surface area contributed by atoms with Crippen molar-refractivity contribution < 1.29 is 4.39 Å². The predicted molar refractivity (Wildman–Crippen MR) is 72.8 cm³/mol. The van der Waals surface area contributed by atoms with E-state index in [4.69, 9.17) is 0 Å². The van der Waals surface area contributed by atoms with Crippen molar-refractivity contribution >= 4 is 0 Å². The van der Waals surface area contributed by atoms with Crippen LogP contribution in [-0.2, 0) is 0 Å². The molecule has 0 heterocycles. The van der Waals surface area contributed by atoms with Gasteiger partial charge in [-0.25, -0.2) is 4.39 Å². The van der Waals surface area contributed by atoms with Crippen LogP contribution in [0, 0.1) is 5.82 Å². The summed E-state index contributed by atoms with van der Waals surface area (Å²) in [6.45, 7) is 4.17. The summed E-state index contributed by atoms with van der Waals surface area (Å²) < 4.78 is 13.2. The molecule has 0 fully saturated rings. The number of hydrogen-bond donors (Lipinski definition) is 1. The lowest BCUT2D eigenvalue weighted by Gasteiger charge is -2.20. The van der Waals surface area contributed by atoms with Gasteiger partial charge in [0.1, 0.15) is 5.82 Å². The maximum absolute atomic E-state index is 13.2. The van der Waals surface area contributed by atoms with E-state index in [9.17, 15) is 4.39 Å². The topological polar surface area (TPSA) is 12.0 Å². The van der Waals surface area contributed by atoms with Gasteiger partial charge in [0.05, 0.1) is 0 Å². The molecule has 0 bridgehead atoms. The minimum Gasteiger partial charge on any atom is -0.304 e. The Morgan fingerprint density at radius 3 is 2.11 bits per heavy atom. The molecule has 2 rings (SSSR count). The van der Waals surface area contributed by atoms with E-state index in [-0.39, 0.29) is 17.9 Å². The molecule has 18 heavy (non-hydrogen) atoms. The van der Waals surface area contributed by atoms with E-state index in [0.717, 1.165) is 5.56 Å². The van der Waals surface area contributed by atoms with Gasteiger partial charge in [-0.1, -0.05) is 42.5 Å². The third-order valence-corrected chi connectivity index (χ3v) is 3.15. The fourth-order valence-corrected chi connectivity index (χ4v) is 2.09. The highest BCUT2D eigenvalue weighted by Crippen LogP contribution is 2.19. The first-order valence-electron chi connectivity index (χ1n) is 6.23. The Hall–Kier alpha value is -1.67. The highest BCUT2D eigenvalue weighted by Gasteiger charge is 2.11. The van der Waals surface area contributed by atoms with Crippen molar-refractivity contribution in [3.63, 3.8) is 0 Å². The van der Waals surface area contributed by atoms with Gasteiger partial charge in [-0.2, -0.15) is 0 Å². The first kappa shape index (κ1) is 12.8. The number of benzene rings is 2. The smallest absolute Gasteiger partial charge is 0.123 e. The van der Waals surface area contributed by atoms with Crippen molar-refractivity contribution in [3.8, 4) is 0 Å². The Labute approximate surface area is 108 Å². The Morgan fingerprint density at radius 1 is 0.833 bits per heavy atom. The molecule has 0 saturated heterocycles. The van der Waals surface area contributed by atoms with Crippen molar-refractivity contribution in [1.29, 1.82) is 0 Å². The molecule has 0 spiro atoms. The van der Waals surface area contributed by atoms with Crippen molar-refractivity contribution in [2.24, 2.45) is 0 Å². The highest BCUT2D eigenvalue weighted by atomic mass is 19.1. The van der Waals surface area contributed by atoms with E-state index in [0.29, 0.717) is 0 Å². The summed E-state index contributed by atoms with van der Waals surface area (Å²) in [4.78, 5) is 0. The van der Waals surface area contributed by atoms with Gasteiger partial charge >= 0.3 is 0 Å². The molecule has 0 aliphatic heterocycles. The minimum atomic E-state index is -0.187. The molecule has 0 radical (unpaired) electrons. The van der Waals surface area contributed by atoms with Gasteiger partial charge in [-0.15, -0.1) is 0 Å². The lowest BCUT2D eigenvalue weighted by Crippen LogP contribution is -2.22. The summed E-state index contributed by atoms with van der Waals surface area (Å²) in [6, 6.07) is 17.3. The molecule has 0 aliphatic rings. The molecule has 2 aromatic carbocycles. The van der Waals surface area contributed by atoms with Crippen molar-refractivity contribution in [2.75, 3.05) is 0 Å². The second-order valence-electron chi connectivity index (χ2n) is 4.58. The maximum Gasteiger partial charge on any atom is 0.123 e. The quantitative estimate of drug-likeness (QED) is 0.847. The molecule has 0 saturated carbocycles. The second kappa shape index (κ2) is 5.78. The summed E-state index contributed by atoms with van der Waals surface area (Å²) in [5.41, 5.74) is 2.21. The van der Waals surface area contributed by atoms with E-state index >= 15 is 0 Å². The first-order chi connectivity index (χ1) is 8.66. The van der Waals surface area contributed by atoms with Crippen LogP contribution in [0.2, 0.25) is 0 Å². The lowest BCUT2D eigenvalue weighted by molar-refractivity contribution is 0.492. The average Bonchev–Trinajstić information content (AvgIpc) is 2.39. The van der Waals surface area contributed by atoms with Gasteiger partial charge in [-0.05, 0) is 37.1 Å². The summed E-state index contributed by atoms with van der Waals surface area (Å²) in [5.74, 6) is -0.187. The van der Waals surface area contributed by atoms with Crippen molar-refractivity contribution in [2.45, 2.75) is 25.9 Å². The van der Waals surface area contributed by atoms with Crippen LogP contribution in [0.25, 0.3) is 0 Å². The Bertz CT molecular complexity index is 495. The SMILES string of the molecule is CC(N[C@@H](C)c1cccc(F)c1)c1ccccc1. The normalized spacial score (nSPS) is 14.2. The van der Waals surface area contributed by atoms with Crippen LogP contribution in [-0.4, -0.2) is 0 Å². The Morgan fingerprint density at radius 2 is 1.44 bits per heavy atom. The van der Waals surface area contributed by atoms with E-state index < -0.39 is 0 Å². The zero-order valence-corrected chi connectivity index (χ0v) is 10.7. The van der Waals surface area contributed by atoms with Crippen molar-refractivity contribution in [1.82, 2.24) is 5.32 Å². The molecule has 2 aromatic rings. The van der Waals surface area contributed by atoms with Gasteiger partial charge in [-0.3, -0.25) is 0 Å². The Kier molecular flexibility index (Phi) is 4.11. The third kappa shape index (κ3) is 3.17. The predicted octanol–water partition coefficient (Wildman–Crippen LogP) is 4.24. The van der Waals surface area contributed by atoms with Gasteiger partial charge in [0, 0.05) is 12.1 Å². The number of rotatable bonds is 4. The van der Waals surface area contributed by atoms with E-state index in [1.807, 2.05) is 31.2 Å². The second-order valence-corrected chi connectivity index (χ2v) is 4.58. The van der Waals surface area contributed by atoms with Crippen LogP contribution < -0.4 is 5.32 Å². The fourth-order valence-electron chi connectivity index (χ4n) is 2.09. The van der Waals surface area contributed by atoms with Crippen LogP contribution in [0.5, 0.6) is 0 Å². The molecular weight excluding hydrogens is 225 g/mol. The van der Waals surface area contributed by atoms with Crippen LogP contribution in [0.3, 0.4) is 0 Å². The molecule has 1 unspecified atom stereocenters. The Balaban J connectivity index is 2.05. The fraction of sp³-hybridized carbons (Fsp3) is 0.250. The minimum absolute atomic E-state index is 0.121. The highest BCUT2D eigenvalue weighted by molar-refractivity contribution is 5.22. The van der Waals surface area contributed by atoms with E-state index in [1.54, 1.807) is 12.1 Å². The molecule has 0 amide bonds. The molecule has 0 aliphatic carbocycles. The first-order valence-corrected chi connectivity index (χ1v) is 6.23. The van der Waals surface area contributed by atoms with E-state index in [2.05, 4.69) is 24.4 Å². The summed E-state index contributed by atoms with van der Waals surface area (Å²) in [7, 11) is 0. The third-order valence-electron chi connectivity index (χ3n) is 3.15. The summed E-state index contributed by atoms with van der Waals surface area (Å²) in [6.07, 6.45) is 0. The summed E-state index contributed by atoms with van der Waals surface area (Å²) >= 11 is 0. The number of nitrogens with one attached hydrogen (secondary N) is 1.